The van der Waals surface area contributed by atoms with E-state index in [9.17, 15) is 4.79 Å². The van der Waals surface area contributed by atoms with Crippen LogP contribution in [0.5, 0.6) is 0 Å². The number of nitrogens with zero attached hydrogens (tertiary/aromatic N) is 2. The van der Waals surface area contributed by atoms with Gasteiger partial charge in [0.25, 0.3) is 0 Å². The molecule has 1 aliphatic rings. The number of carbonyl (C=O) groups is 1. The van der Waals surface area contributed by atoms with E-state index in [2.05, 4.69) is 20.6 Å². The first-order valence-corrected chi connectivity index (χ1v) is 12.8. The minimum absolute atomic E-state index is 0.00101. The van der Waals surface area contributed by atoms with Crippen molar-refractivity contribution in [3.8, 4) is 11.1 Å². The predicted octanol–water partition coefficient (Wildman–Crippen LogP) is 5.27. The summed E-state index contributed by atoms with van der Waals surface area (Å²) in [4.78, 5) is 21.0. The molecule has 8 heteroatoms. The minimum Gasteiger partial charge on any atom is -0.355 e. The zero-order valence-electron chi connectivity index (χ0n) is 18.1. The molecule has 3 aromatic rings. The van der Waals surface area contributed by atoms with E-state index < -0.39 is 0 Å². The number of thioether (sulfide) groups is 1. The van der Waals surface area contributed by atoms with Gasteiger partial charge in [-0.2, -0.15) is 0 Å². The van der Waals surface area contributed by atoms with E-state index in [1.165, 1.54) is 17.3 Å². The van der Waals surface area contributed by atoms with Gasteiger partial charge in [-0.3, -0.25) is 4.79 Å². The maximum absolute atomic E-state index is 12.2. The van der Waals surface area contributed by atoms with Gasteiger partial charge in [0.2, 0.25) is 5.91 Å². The topological polar surface area (TPSA) is 66.9 Å². The summed E-state index contributed by atoms with van der Waals surface area (Å²) >= 11 is 13.5. The number of aromatic nitrogens is 2. The molecular weight excluding hydrogens is 475 g/mol. The summed E-state index contributed by atoms with van der Waals surface area (Å²) in [6.07, 6.45) is 6.57. The monoisotopic (exact) mass is 500 g/mol. The van der Waals surface area contributed by atoms with Crippen molar-refractivity contribution in [1.82, 2.24) is 20.6 Å². The fourth-order valence-electron chi connectivity index (χ4n) is 4.02. The number of nitrogens with one attached hydrogen (secondary N) is 2. The summed E-state index contributed by atoms with van der Waals surface area (Å²) in [6, 6.07) is 16.3. The van der Waals surface area contributed by atoms with Crippen molar-refractivity contribution in [1.29, 1.82) is 0 Å². The van der Waals surface area contributed by atoms with Crippen LogP contribution in [0, 0.1) is 5.92 Å². The lowest BCUT2D eigenvalue weighted by Crippen LogP contribution is -2.31. The van der Waals surface area contributed by atoms with Crippen molar-refractivity contribution in [3.63, 3.8) is 0 Å². The highest BCUT2D eigenvalue weighted by molar-refractivity contribution is 7.99. The summed E-state index contributed by atoms with van der Waals surface area (Å²) in [5.41, 5.74) is 3.25. The molecule has 5 nitrogen and oxygen atoms in total. The highest BCUT2D eigenvalue weighted by Gasteiger charge is 2.24. The van der Waals surface area contributed by atoms with Gasteiger partial charge in [0.1, 0.15) is 0 Å². The highest BCUT2D eigenvalue weighted by Crippen LogP contribution is 2.26. The van der Waals surface area contributed by atoms with Crippen LogP contribution in [0.25, 0.3) is 11.1 Å². The number of amides is 1. The van der Waals surface area contributed by atoms with E-state index in [-0.39, 0.29) is 5.91 Å². The van der Waals surface area contributed by atoms with E-state index >= 15 is 0 Å². The number of hydrogen-bond acceptors (Lipinski definition) is 5. The standard InChI is InChI=1S/C25H26Cl2N4OS/c26-22-7-6-17(12-23(22)27)10-18-11-21(29-13-18)8-9-28-24(32)16-33-25-30-14-20(15-31-25)19-4-2-1-3-5-19/h1-7,12,14-15,18,21,29H,8-11,13,16H2,(H,28,32)/t18-,21-/m1/s1. The molecule has 2 aromatic carbocycles. The van der Waals surface area contributed by atoms with Gasteiger partial charge in [-0.15, -0.1) is 0 Å². The molecule has 33 heavy (non-hydrogen) atoms. The zero-order valence-corrected chi connectivity index (χ0v) is 20.5. The molecule has 2 N–H and O–H groups in total. The number of carbonyl (C=O) groups excluding carboxylic acids is 1. The Balaban J connectivity index is 1.13. The Kier molecular flexibility index (Phi) is 8.62. The van der Waals surface area contributed by atoms with Crippen LogP contribution in [-0.2, 0) is 11.2 Å². The molecule has 0 radical (unpaired) electrons. The SMILES string of the molecule is O=C(CSc1ncc(-c2ccccc2)cn1)NCC[C@@H]1C[C@@H](Cc2ccc(Cl)c(Cl)c2)CN1. The van der Waals surface area contributed by atoms with Crippen molar-refractivity contribution in [2.24, 2.45) is 5.92 Å². The van der Waals surface area contributed by atoms with Crippen LogP contribution in [0.15, 0.2) is 66.1 Å². The van der Waals surface area contributed by atoms with Crippen molar-refractivity contribution in [2.45, 2.75) is 30.5 Å². The first kappa shape index (κ1) is 24.0. The van der Waals surface area contributed by atoms with Crippen molar-refractivity contribution in [2.75, 3.05) is 18.8 Å². The van der Waals surface area contributed by atoms with Gasteiger partial charge >= 0.3 is 0 Å². The molecule has 1 aromatic heterocycles. The third-order valence-corrected chi connectivity index (χ3v) is 7.32. The molecule has 0 bridgehead atoms. The highest BCUT2D eigenvalue weighted by atomic mass is 35.5. The number of rotatable bonds is 9. The molecule has 0 unspecified atom stereocenters. The second-order valence-electron chi connectivity index (χ2n) is 8.21. The molecule has 2 atom stereocenters. The van der Waals surface area contributed by atoms with Gasteiger partial charge in [0.05, 0.1) is 15.8 Å². The minimum atomic E-state index is 0.00101. The van der Waals surface area contributed by atoms with Crippen molar-refractivity contribution in [3.05, 3.63) is 76.5 Å². The van der Waals surface area contributed by atoms with Gasteiger partial charge in [-0.05, 0) is 55.0 Å². The van der Waals surface area contributed by atoms with Crippen LogP contribution >= 0.6 is 35.0 Å². The predicted molar refractivity (Wildman–Crippen MR) is 136 cm³/mol. The Hall–Kier alpha value is -2.12. The number of benzene rings is 2. The molecule has 0 saturated carbocycles. The molecule has 0 spiro atoms. The van der Waals surface area contributed by atoms with Gasteiger partial charge < -0.3 is 10.6 Å². The first-order valence-electron chi connectivity index (χ1n) is 11.0. The summed E-state index contributed by atoms with van der Waals surface area (Å²) < 4.78 is 0. The van der Waals surface area contributed by atoms with E-state index in [0.717, 1.165) is 36.9 Å². The van der Waals surface area contributed by atoms with Gasteiger partial charge in [-0.25, -0.2) is 9.97 Å². The second-order valence-corrected chi connectivity index (χ2v) is 9.96. The average molecular weight is 501 g/mol. The lowest BCUT2D eigenvalue weighted by molar-refractivity contribution is -0.118. The van der Waals surface area contributed by atoms with Crippen LogP contribution in [-0.4, -0.2) is 40.8 Å². The van der Waals surface area contributed by atoms with E-state index in [0.29, 0.717) is 39.5 Å². The second kappa shape index (κ2) is 11.8. The number of halogens is 2. The maximum atomic E-state index is 12.2. The summed E-state index contributed by atoms with van der Waals surface area (Å²) in [6.45, 7) is 1.63. The summed E-state index contributed by atoms with van der Waals surface area (Å²) in [7, 11) is 0. The first-order chi connectivity index (χ1) is 16.1. The summed E-state index contributed by atoms with van der Waals surface area (Å²) in [5, 5.41) is 8.38. The Morgan fingerprint density at radius 2 is 1.85 bits per heavy atom. The molecule has 2 heterocycles. The van der Waals surface area contributed by atoms with Crippen LogP contribution in [0.3, 0.4) is 0 Å². The molecule has 1 amide bonds. The van der Waals surface area contributed by atoms with E-state index in [1.54, 1.807) is 12.4 Å². The molecule has 172 valence electrons. The summed E-state index contributed by atoms with van der Waals surface area (Å²) in [5.74, 6) is 0.874. The van der Waals surface area contributed by atoms with Gasteiger partial charge in [0.15, 0.2) is 5.16 Å². The van der Waals surface area contributed by atoms with Crippen molar-refractivity contribution < 1.29 is 4.79 Å². The van der Waals surface area contributed by atoms with E-state index in [4.69, 9.17) is 23.2 Å². The Labute approximate surface area is 208 Å². The average Bonchev–Trinajstić information content (AvgIpc) is 3.28. The molecule has 1 aliphatic heterocycles. The molecule has 1 fully saturated rings. The largest absolute Gasteiger partial charge is 0.355 e. The lowest BCUT2D eigenvalue weighted by atomic mass is 9.96. The number of hydrogen-bond donors (Lipinski definition) is 2. The normalized spacial score (nSPS) is 17.8. The molecule has 0 aliphatic carbocycles. The fraction of sp³-hybridized carbons (Fsp3) is 0.320. The van der Waals surface area contributed by atoms with Crippen LogP contribution in [0.4, 0.5) is 0 Å². The fourth-order valence-corrected chi connectivity index (χ4v) is 4.95. The van der Waals surface area contributed by atoms with Crippen LogP contribution in [0.1, 0.15) is 18.4 Å². The van der Waals surface area contributed by atoms with Crippen LogP contribution < -0.4 is 10.6 Å². The zero-order chi connectivity index (χ0) is 23.0. The van der Waals surface area contributed by atoms with Gasteiger partial charge in [0, 0.05) is 30.5 Å². The molecule has 4 rings (SSSR count). The Morgan fingerprint density at radius 1 is 1.06 bits per heavy atom. The smallest absolute Gasteiger partial charge is 0.230 e. The Bertz CT molecular complexity index is 1070. The van der Waals surface area contributed by atoms with E-state index in [1.807, 2.05) is 48.5 Å². The molecule has 1 saturated heterocycles. The lowest BCUT2D eigenvalue weighted by Gasteiger charge is -2.12. The third-order valence-electron chi connectivity index (χ3n) is 5.70. The van der Waals surface area contributed by atoms with Gasteiger partial charge in [-0.1, -0.05) is 71.4 Å². The van der Waals surface area contributed by atoms with Crippen LogP contribution in [0.2, 0.25) is 10.0 Å². The Morgan fingerprint density at radius 3 is 2.61 bits per heavy atom. The maximum Gasteiger partial charge on any atom is 0.230 e. The quantitative estimate of drug-likeness (QED) is 0.309. The third kappa shape index (κ3) is 7.18. The molecular formula is C25H26Cl2N4OS. The van der Waals surface area contributed by atoms with Crippen molar-refractivity contribution >= 4 is 40.9 Å².